The summed E-state index contributed by atoms with van der Waals surface area (Å²) >= 11 is 0. The van der Waals surface area contributed by atoms with E-state index in [1.165, 1.54) is 16.7 Å². The quantitative estimate of drug-likeness (QED) is 0.540. The number of carbonyl (C=O) groups excluding carboxylic acids is 2. The first-order valence-corrected chi connectivity index (χ1v) is 9.39. The van der Waals surface area contributed by atoms with E-state index in [2.05, 4.69) is 5.32 Å². The molecule has 0 bridgehead atoms. The topological polar surface area (TPSA) is 94.2 Å². The van der Waals surface area contributed by atoms with Crippen LogP contribution in [0.1, 0.15) is 26.3 Å². The van der Waals surface area contributed by atoms with Crippen LogP contribution in [0.5, 0.6) is 0 Å². The van der Waals surface area contributed by atoms with E-state index in [0.717, 1.165) is 16.3 Å². The zero-order valence-corrected chi connectivity index (χ0v) is 16.0. The maximum atomic E-state index is 12.6. The van der Waals surface area contributed by atoms with Crippen LogP contribution in [0.15, 0.2) is 89.9 Å². The molecule has 0 fully saturated rings. The normalized spacial score (nSPS) is 10.7. The molecule has 0 atom stereocenters. The summed E-state index contributed by atoms with van der Waals surface area (Å²) in [6.45, 7) is 0.356. The molecule has 3 N–H and O–H groups in total. The number of hydrogen-bond donors (Lipinski definition) is 2. The van der Waals surface area contributed by atoms with Gasteiger partial charge in [0, 0.05) is 23.5 Å². The highest BCUT2D eigenvalue weighted by atomic mass is 16.2. The Hall–Kier alpha value is -4.19. The number of hydrogen-bond acceptors (Lipinski definition) is 3. The van der Waals surface area contributed by atoms with Crippen molar-refractivity contribution in [1.82, 2.24) is 4.57 Å². The molecule has 0 unspecified atom stereocenters. The Kier molecular flexibility index (Phi) is 5.13. The molecule has 1 heterocycles. The lowest BCUT2D eigenvalue weighted by molar-refractivity contribution is 0.0998. The number of amides is 2. The van der Waals surface area contributed by atoms with Gasteiger partial charge >= 0.3 is 0 Å². The molecule has 6 heteroatoms. The molecule has 0 aliphatic rings. The summed E-state index contributed by atoms with van der Waals surface area (Å²) in [5, 5.41) is 4.92. The summed E-state index contributed by atoms with van der Waals surface area (Å²) in [4.78, 5) is 36.2. The lowest BCUT2D eigenvalue weighted by Gasteiger charge is -2.11. The van der Waals surface area contributed by atoms with E-state index in [0.29, 0.717) is 23.4 Å². The third-order valence-electron chi connectivity index (χ3n) is 4.89. The third-order valence-corrected chi connectivity index (χ3v) is 4.89. The van der Waals surface area contributed by atoms with E-state index in [9.17, 15) is 14.4 Å². The Morgan fingerprint density at radius 3 is 2.30 bits per heavy atom. The van der Waals surface area contributed by atoms with Gasteiger partial charge in [0.15, 0.2) is 0 Å². The Labute approximate surface area is 172 Å². The minimum absolute atomic E-state index is 0.190. The molecule has 6 nitrogen and oxygen atoms in total. The van der Waals surface area contributed by atoms with Crippen LogP contribution in [-0.2, 0) is 6.54 Å². The molecule has 2 amide bonds. The predicted octanol–water partition coefficient (Wildman–Crippen LogP) is 3.40. The Bertz CT molecular complexity index is 1300. The number of aromatic nitrogens is 1. The van der Waals surface area contributed by atoms with Crippen molar-refractivity contribution in [2.24, 2.45) is 5.73 Å². The van der Waals surface area contributed by atoms with Gasteiger partial charge in [0.1, 0.15) is 0 Å². The van der Waals surface area contributed by atoms with Crippen LogP contribution >= 0.6 is 0 Å². The van der Waals surface area contributed by atoms with E-state index < -0.39 is 5.91 Å². The second-order valence-corrected chi connectivity index (χ2v) is 6.92. The Balaban J connectivity index is 1.59. The monoisotopic (exact) mass is 397 g/mol. The van der Waals surface area contributed by atoms with Gasteiger partial charge < -0.3 is 15.6 Å². The van der Waals surface area contributed by atoms with Crippen LogP contribution in [0, 0.1) is 0 Å². The number of carbonyl (C=O) groups is 2. The van der Waals surface area contributed by atoms with Crippen LogP contribution < -0.4 is 16.6 Å². The van der Waals surface area contributed by atoms with Gasteiger partial charge in [-0.25, -0.2) is 0 Å². The minimum atomic E-state index is -0.534. The molecular weight excluding hydrogens is 378 g/mol. The summed E-state index contributed by atoms with van der Waals surface area (Å²) in [6.07, 6.45) is 1.55. The SMILES string of the molecule is NC(=O)c1ccc(NC(=O)c2ccc(=O)n(Cc3cccc4ccccc34)c2)cc1. The second-order valence-electron chi connectivity index (χ2n) is 6.92. The van der Waals surface area contributed by atoms with Gasteiger partial charge in [0.2, 0.25) is 5.91 Å². The van der Waals surface area contributed by atoms with Crippen molar-refractivity contribution in [3.05, 3.63) is 112 Å². The number of nitrogens with one attached hydrogen (secondary N) is 1. The van der Waals surface area contributed by atoms with Crippen LogP contribution in [-0.4, -0.2) is 16.4 Å². The summed E-state index contributed by atoms with van der Waals surface area (Å²) < 4.78 is 1.52. The lowest BCUT2D eigenvalue weighted by atomic mass is 10.0. The Morgan fingerprint density at radius 1 is 0.833 bits per heavy atom. The van der Waals surface area contributed by atoms with Gasteiger partial charge in [-0.1, -0.05) is 42.5 Å². The number of anilines is 1. The van der Waals surface area contributed by atoms with E-state index in [-0.39, 0.29) is 11.5 Å². The molecule has 0 saturated carbocycles. The standard InChI is InChI=1S/C24H19N3O3/c25-23(29)17-8-11-20(12-9-17)26-24(30)19-10-13-22(28)27(15-19)14-18-6-3-5-16-4-1-2-7-21(16)18/h1-13,15H,14H2,(H2,25,29)(H,26,30). The first kappa shape index (κ1) is 19.1. The maximum Gasteiger partial charge on any atom is 0.257 e. The first-order valence-electron chi connectivity index (χ1n) is 9.39. The van der Waals surface area contributed by atoms with Crippen molar-refractivity contribution in [2.75, 3.05) is 5.32 Å². The van der Waals surface area contributed by atoms with Crippen molar-refractivity contribution < 1.29 is 9.59 Å². The molecule has 148 valence electrons. The summed E-state index contributed by atoms with van der Waals surface area (Å²) in [5.41, 5.74) is 7.27. The average molecular weight is 397 g/mol. The summed E-state index contributed by atoms with van der Waals surface area (Å²) in [7, 11) is 0. The highest BCUT2D eigenvalue weighted by molar-refractivity contribution is 6.04. The van der Waals surface area contributed by atoms with Crippen molar-refractivity contribution in [3.8, 4) is 0 Å². The maximum absolute atomic E-state index is 12.6. The van der Waals surface area contributed by atoms with Gasteiger partial charge in [-0.05, 0) is 46.7 Å². The first-order chi connectivity index (χ1) is 14.5. The molecule has 4 rings (SSSR count). The largest absolute Gasteiger partial charge is 0.366 e. The molecule has 4 aromatic rings. The molecule has 30 heavy (non-hydrogen) atoms. The number of nitrogens with two attached hydrogens (primary N) is 1. The minimum Gasteiger partial charge on any atom is -0.366 e. The van der Waals surface area contributed by atoms with Crippen molar-refractivity contribution in [1.29, 1.82) is 0 Å². The molecule has 0 radical (unpaired) electrons. The van der Waals surface area contributed by atoms with Crippen molar-refractivity contribution >= 4 is 28.3 Å². The molecule has 1 aromatic heterocycles. The van der Waals surface area contributed by atoms with E-state index in [1.54, 1.807) is 30.5 Å². The summed E-state index contributed by atoms with van der Waals surface area (Å²) in [6, 6.07) is 23.1. The molecule has 0 spiro atoms. The van der Waals surface area contributed by atoms with Gasteiger partial charge in [0.25, 0.3) is 11.5 Å². The van der Waals surface area contributed by atoms with Crippen molar-refractivity contribution in [2.45, 2.75) is 6.54 Å². The van der Waals surface area contributed by atoms with Crippen LogP contribution in [0.3, 0.4) is 0 Å². The highest BCUT2D eigenvalue weighted by Gasteiger charge is 2.10. The van der Waals surface area contributed by atoms with E-state index in [1.807, 2.05) is 42.5 Å². The van der Waals surface area contributed by atoms with Crippen LogP contribution in [0.25, 0.3) is 10.8 Å². The number of nitrogens with zero attached hydrogens (tertiary/aromatic N) is 1. The molecule has 0 aliphatic heterocycles. The lowest BCUT2D eigenvalue weighted by Crippen LogP contribution is -2.22. The number of pyridine rings is 1. The van der Waals surface area contributed by atoms with Gasteiger partial charge in [-0.15, -0.1) is 0 Å². The van der Waals surface area contributed by atoms with E-state index >= 15 is 0 Å². The number of fused-ring (bicyclic) bond motifs is 1. The highest BCUT2D eigenvalue weighted by Crippen LogP contribution is 2.19. The molecule has 0 aliphatic carbocycles. The molecule has 0 saturated heterocycles. The van der Waals surface area contributed by atoms with Gasteiger partial charge in [-0.2, -0.15) is 0 Å². The zero-order valence-electron chi connectivity index (χ0n) is 16.0. The number of primary amides is 1. The Morgan fingerprint density at radius 2 is 1.53 bits per heavy atom. The fraction of sp³-hybridized carbons (Fsp3) is 0.0417. The zero-order chi connectivity index (χ0) is 21.1. The van der Waals surface area contributed by atoms with Gasteiger partial charge in [0.05, 0.1) is 12.1 Å². The molecular formula is C24H19N3O3. The average Bonchev–Trinajstić information content (AvgIpc) is 2.76. The van der Waals surface area contributed by atoms with Crippen LogP contribution in [0.2, 0.25) is 0 Å². The van der Waals surface area contributed by atoms with E-state index in [4.69, 9.17) is 5.73 Å². The fourth-order valence-corrected chi connectivity index (χ4v) is 3.32. The number of rotatable bonds is 5. The van der Waals surface area contributed by atoms with Gasteiger partial charge in [-0.3, -0.25) is 14.4 Å². The summed E-state index contributed by atoms with van der Waals surface area (Å²) in [5.74, 6) is -0.887. The fourth-order valence-electron chi connectivity index (χ4n) is 3.32. The third kappa shape index (κ3) is 3.98. The number of benzene rings is 3. The second kappa shape index (κ2) is 8.05. The van der Waals surface area contributed by atoms with Crippen LogP contribution in [0.4, 0.5) is 5.69 Å². The smallest absolute Gasteiger partial charge is 0.257 e. The van der Waals surface area contributed by atoms with Crippen molar-refractivity contribution in [3.63, 3.8) is 0 Å². The molecule has 3 aromatic carbocycles. The predicted molar refractivity (Wildman–Crippen MR) is 117 cm³/mol.